The van der Waals surface area contributed by atoms with Crippen LogP contribution in [0.3, 0.4) is 0 Å². The molecule has 14 nitrogen and oxygen atoms in total. The number of fused-ring (bicyclic) bond motifs is 1. The van der Waals surface area contributed by atoms with Crippen LogP contribution in [0.25, 0.3) is 27.7 Å². The Balaban J connectivity index is 1.15. The van der Waals surface area contributed by atoms with E-state index < -0.39 is 62.1 Å². The third-order valence-electron chi connectivity index (χ3n) is 8.38. The Bertz CT molecular complexity index is 2610. The van der Waals surface area contributed by atoms with Crippen LogP contribution < -0.4 is 21.3 Å². The van der Waals surface area contributed by atoms with Crippen molar-refractivity contribution in [2.24, 2.45) is 7.05 Å². The van der Waals surface area contributed by atoms with Crippen molar-refractivity contribution in [3.8, 4) is 16.8 Å². The van der Waals surface area contributed by atoms with Crippen LogP contribution in [-0.2, 0) is 34.7 Å². The molecule has 6 aromatic rings. The molecule has 3 aromatic heterocycles. The van der Waals surface area contributed by atoms with Gasteiger partial charge in [0, 0.05) is 50.1 Å². The van der Waals surface area contributed by atoms with E-state index in [1.165, 1.54) is 78.6 Å². The number of halogens is 2. The van der Waals surface area contributed by atoms with Crippen molar-refractivity contribution in [1.29, 1.82) is 0 Å². The standard InChI is InChI=1S/C36H29F2N7O7S/c1-3-32-40-17-22(18-41-32)21-6-10-24(11-7-21)53(51,52)43-29-16-27(37)26(15-28(29)38)33(46)42-30(35(48)49)14-20-4-8-23(9-5-20)45-34(47)25-12-13-39-19-31(25)44(2)36(45)50/h4-13,15-19,30,43H,3,14H2,1-2H3,(H,42,46)(H,48,49)/t30-/m0/s1. The van der Waals surface area contributed by atoms with Crippen molar-refractivity contribution < 1.29 is 31.9 Å². The molecule has 53 heavy (non-hydrogen) atoms. The van der Waals surface area contributed by atoms with E-state index in [2.05, 4.69) is 20.3 Å². The molecule has 17 heteroatoms. The topological polar surface area (TPSA) is 195 Å². The minimum Gasteiger partial charge on any atom is -0.480 e. The number of nitrogens with zero attached hydrogens (tertiary/aromatic N) is 5. The molecule has 0 radical (unpaired) electrons. The van der Waals surface area contributed by atoms with Gasteiger partial charge in [0.05, 0.1) is 38.9 Å². The lowest BCUT2D eigenvalue weighted by molar-refractivity contribution is -0.139. The molecule has 0 saturated heterocycles. The molecule has 0 bridgehead atoms. The van der Waals surface area contributed by atoms with Gasteiger partial charge in [0.15, 0.2) is 0 Å². The number of anilines is 1. The summed E-state index contributed by atoms with van der Waals surface area (Å²) in [6.07, 6.45) is 6.35. The van der Waals surface area contributed by atoms with Crippen molar-refractivity contribution in [2.45, 2.75) is 30.7 Å². The Hall–Kier alpha value is -6.62. The second-order valence-corrected chi connectivity index (χ2v) is 13.5. The molecule has 0 unspecified atom stereocenters. The van der Waals surface area contributed by atoms with E-state index >= 15 is 8.78 Å². The summed E-state index contributed by atoms with van der Waals surface area (Å²) in [5.74, 6) is -4.73. The van der Waals surface area contributed by atoms with Crippen molar-refractivity contribution >= 4 is 38.5 Å². The Morgan fingerprint density at radius 3 is 2.23 bits per heavy atom. The highest BCUT2D eigenvalue weighted by atomic mass is 32.2. The summed E-state index contributed by atoms with van der Waals surface area (Å²) in [4.78, 5) is 63.2. The molecule has 1 amide bonds. The van der Waals surface area contributed by atoms with Crippen LogP contribution in [0.15, 0.2) is 106 Å². The van der Waals surface area contributed by atoms with Crippen LogP contribution in [0.2, 0.25) is 0 Å². The highest BCUT2D eigenvalue weighted by molar-refractivity contribution is 7.92. The fourth-order valence-corrected chi connectivity index (χ4v) is 6.55. The number of amides is 1. The quantitative estimate of drug-likeness (QED) is 0.177. The molecular weight excluding hydrogens is 713 g/mol. The number of aliphatic carboxylic acids is 1. The average Bonchev–Trinajstić information content (AvgIpc) is 3.15. The number of pyridine rings is 1. The van der Waals surface area contributed by atoms with Gasteiger partial charge in [-0.15, -0.1) is 0 Å². The summed E-state index contributed by atoms with van der Waals surface area (Å²) in [5, 5.41) is 12.2. The predicted octanol–water partition coefficient (Wildman–Crippen LogP) is 3.61. The van der Waals surface area contributed by atoms with E-state index in [4.69, 9.17) is 0 Å². The summed E-state index contributed by atoms with van der Waals surface area (Å²) in [6.45, 7) is 1.90. The zero-order chi connectivity index (χ0) is 38.0. The summed E-state index contributed by atoms with van der Waals surface area (Å²) in [5.41, 5.74) is -0.686. The molecule has 3 heterocycles. The van der Waals surface area contributed by atoms with Crippen LogP contribution in [-0.4, -0.2) is 55.5 Å². The van der Waals surface area contributed by atoms with Crippen LogP contribution in [0, 0.1) is 11.6 Å². The second-order valence-electron chi connectivity index (χ2n) is 11.8. The number of carbonyl (C=O) groups excluding carboxylic acids is 1. The van der Waals surface area contributed by atoms with E-state index in [1.807, 2.05) is 11.6 Å². The number of hydrogen-bond acceptors (Lipinski definition) is 9. The van der Waals surface area contributed by atoms with E-state index in [9.17, 15) is 32.7 Å². The lowest BCUT2D eigenvalue weighted by Gasteiger charge is -2.16. The fourth-order valence-electron chi connectivity index (χ4n) is 5.49. The van der Waals surface area contributed by atoms with Gasteiger partial charge in [-0.25, -0.2) is 41.3 Å². The zero-order valence-electron chi connectivity index (χ0n) is 27.9. The molecule has 6 rings (SSSR count). The first-order valence-corrected chi connectivity index (χ1v) is 17.4. The number of nitrogens with one attached hydrogen (secondary N) is 2. The van der Waals surface area contributed by atoms with Gasteiger partial charge in [-0.2, -0.15) is 0 Å². The van der Waals surface area contributed by atoms with Crippen molar-refractivity contribution in [3.63, 3.8) is 0 Å². The molecule has 3 N–H and O–H groups in total. The lowest BCUT2D eigenvalue weighted by atomic mass is 10.0. The van der Waals surface area contributed by atoms with Gasteiger partial charge in [0.2, 0.25) is 0 Å². The second kappa shape index (κ2) is 14.5. The molecule has 0 fully saturated rings. The molecule has 0 saturated carbocycles. The highest BCUT2D eigenvalue weighted by Gasteiger charge is 2.26. The number of hydrogen-bond donors (Lipinski definition) is 3. The molecule has 3 aromatic carbocycles. The monoisotopic (exact) mass is 741 g/mol. The first-order chi connectivity index (χ1) is 25.3. The minimum absolute atomic E-state index is 0.201. The van der Waals surface area contributed by atoms with Gasteiger partial charge in [0.25, 0.3) is 21.5 Å². The maximum absolute atomic E-state index is 15.1. The van der Waals surface area contributed by atoms with Gasteiger partial charge >= 0.3 is 11.7 Å². The Kier molecular flexibility index (Phi) is 9.93. The van der Waals surface area contributed by atoms with Crippen molar-refractivity contribution in [1.82, 2.24) is 29.4 Å². The molecular formula is C36H29F2N7O7S. The first-order valence-electron chi connectivity index (χ1n) is 15.9. The Labute approximate surface area is 299 Å². The predicted molar refractivity (Wildman–Crippen MR) is 189 cm³/mol. The summed E-state index contributed by atoms with van der Waals surface area (Å²) < 4.78 is 60.5. The minimum atomic E-state index is -4.40. The van der Waals surface area contributed by atoms with Crippen LogP contribution in [0.4, 0.5) is 14.5 Å². The van der Waals surface area contributed by atoms with E-state index in [0.717, 1.165) is 4.57 Å². The number of sulfonamides is 1. The molecule has 1 atom stereocenters. The number of carboxylic acids is 1. The molecule has 270 valence electrons. The summed E-state index contributed by atoms with van der Waals surface area (Å²) in [6, 6.07) is 12.1. The Morgan fingerprint density at radius 2 is 1.58 bits per heavy atom. The summed E-state index contributed by atoms with van der Waals surface area (Å²) in [7, 11) is -2.92. The third kappa shape index (κ3) is 7.41. The third-order valence-corrected chi connectivity index (χ3v) is 9.76. The molecule has 0 aliphatic carbocycles. The highest BCUT2D eigenvalue weighted by Crippen LogP contribution is 2.25. The number of aryl methyl sites for hydroxylation is 2. The normalized spacial score (nSPS) is 12.0. The van der Waals surface area contributed by atoms with Crippen molar-refractivity contribution in [3.05, 3.63) is 141 Å². The fraction of sp³-hybridized carbons (Fsp3) is 0.139. The zero-order valence-corrected chi connectivity index (χ0v) is 28.8. The van der Waals surface area contributed by atoms with Gasteiger partial charge < -0.3 is 10.4 Å². The lowest BCUT2D eigenvalue weighted by Crippen LogP contribution is -2.42. The number of benzene rings is 3. The number of aromatic nitrogens is 5. The van der Waals surface area contributed by atoms with Gasteiger partial charge in [0.1, 0.15) is 23.5 Å². The number of carbonyl (C=O) groups is 2. The largest absolute Gasteiger partial charge is 0.480 e. The van der Waals surface area contributed by atoms with Crippen molar-refractivity contribution in [2.75, 3.05) is 4.72 Å². The molecule has 0 aliphatic heterocycles. The van der Waals surface area contributed by atoms with Crippen LogP contribution in [0.1, 0.15) is 28.7 Å². The SMILES string of the molecule is CCc1ncc(-c2ccc(S(=O)(=O)Nc3cc(F)c(C(=O)N[C@@H](Cc4ccc(-n5c(=O)c6ccncc6n(C)c5=O)cc4)C(=O)O)cc3F)cc2)cn1. The average molecular weight is 742 g/mol. The molecule has 0 spiro atoms. The van der Waals surface area contributed by atoms with Crippen LogP contribution in [0.5, 0.6) is 0 Å². The first kappa shape index (κ1) is 36.2. The van der Waals surface area contributed by atoms with Gasteiger partial charge in [-0.1, -0.05) is 31.2 Å². The summed E-state index contributed by atoms with van der Waals surface area (Å²) >= 11 is 0. The van der Waals surface area contributed by atoms with E-state index in [0.29, 0.717) is 46.6 Å². The van der Waals surface area contributed by atoms with Gasteiger partial charge in [-0.05, 0) is 47.5 Å². The molecule has 0 aliphatic rings. The maximum Gasteiger partial charge on any atom is 0.335 e. The van der Waals surface area contributed by atoms with Crippen LogP contribution >= 0.6 is 0 Å². The van der Waals surface area contributed by atoms with Gasteiger partial charge in [-0.3, -0.25) is 23.9 Å². The number of carboxylic acid groups (broad SMARTS) is 1. The maximum atomic E-state index is 15.1. The Morgan fingerprint density at radius 1 is 0.906 bits per heavy atom. The smallest absolute Gasteiger partial charge is 0.335 e. The van der Waals surface area contributed by atoms with E-state index in [-0.39, 0.29) is 22.4 Å². The van der Waals surface area contributed by atoms with E-state index in [1.54, 1.807) is 12.4 Å². The number of rotatable bonds is 11.